The summed E-state index contributed by atoms with van der Waals surface area (Å²) >= 11 is 0. The number of likely N-dealkylation sites (N-methyl/N-ethyl adjacent to an activating group) is 1. The van der Waals surface area contributed by atoms with E-state index >= 15 is 0 Å². The molecule has 24 heavy (non-hydrogen) atoms. The number of nitrogens with zero attached hydrogens (tertiary/aromatic N) is 2. The van der Waals surface area contributed by atoms with E-state index in [1.54, 1.807) is 6.92 Å². The molecule has 1 N–H and O–H groups in total. The van der Waals surface area contributed by atoms with Crippen LogP contribution >= 0.6 is 0 Å². The van der Waals surface area contributed by atoms with Gasteiger partial charge in [-0.15, -0.1) is 0 Å². The molecule has 6 nitrogen and oxygen atoms in total. The van der Waals surface area contributed by atoms with Crippen molar-refractivity contribution in [2.24, 2.45) is 0 Å². The molecule has 1 amide bonds. The zero-order chi connectivity index (χ0) is 17.7. The SMILES string of the molecule is CCS(=O)(=O)N1CCC(NC(=O)C(c2ccccc2)N(C)C)CC1. The van der Waals surface area contributed by atoms with Crippen LogP contribution in [0.25, 0.3) is 0 Å². The lowest BCUT2D eigenvalue weighted by Gasteiger charge is -2.33. The number of carbonyl (C=O) groups is 1. The van der Waals surface area contributed by atoms with Gasteiger partial charge in [0.25, 0.3) is 0 Å². The molecule has 0 aromatic heterocycles. The molecule has 1 aliphatic heterocycles. The van der Waals surface area contributed by atoms with Crippen LogP contribution in [-0.2, 0) is 14.8 Å². The second kappa shape index (κ2) is 8.09. The van der Waals surface area contributed by atoms with E-state index in [2.05, 4.69) is 5.32 Å². The third-order valence-corrected chi connectivity index (χ3v) is 6.32. The Bertz CT molecular complexity index is 638. The number of carbonyl (C=O) groups excluding carboxylic acids is 1. The number of hydrogen-bond acceptors (Lipinski definition) is 4. The van der Waals surface area contributed by atoms with Crippen LogP contribution < -0.4 is 5.32 Å². The molecule has 0 bridgehead atoms. The molecule has 2 rings (SSSR count). The Morgan fingerprint density at radius 1 is 1.25 bits per heavy atom. The fourth-order valence-electron chi connectivity index (χ4n) is 3.06. The molecule has 0 aliphatic carbocycles. The topological polar surface area (TPSA) is 69.7 Å². The van der Waals surface area contributed by atoms with Gasteiger partial charge in [0, 0.05) is 19.1 Å². The summed E-state index contributed by atoms with van der Waals surface area (Å²) in [5.74, 6) is 0.0868. The molecule has 1 aromatic carbocycles. The number of hydrogen-bond donors (Lipinski definition) is 1. The molecular formula is C17H27N3O3S. The van der Waals surface area contributed by atoms with Crippen LogP contribution in [0.2, 0.25) is 0 Å². The first kappa shape index (κ1) is 18.9. The molecule has 1 atom stereocenters. The molecule has 1 saturated heterocycles. The average molecular weight is 353 g/mol. The molecule has 134 valence electrons. The summed E-state index contributed by atoms with van der Waals surface area (Å²) in [5, 5.41) is 3.09. The van der Waals surface area contributed by atoms with Gasteiger partial charge in [0.15, 0.2) is 0 Å². The normalized spacial score (nSPS) is 18.5. The van der Waals surface area contributed by atoms with Crippen molar-refractivity contribution in [2.75, 3.05) is 32.9 Å². The first-order chi connectivity index (χ1) is 11.3. The minimum atomic E-state index is -3.13. The molecule has 0 radical (unpaired) electrons. The van der Waals surface area contributed by atoms with E-state index in [1.165, 1.54) is 4.31 Å². The first-order valence-corrected chi connectivity index (χ1v) is 9.95. The molecule has 0 saturated carbocycles. The number of sulfonamides is 1. The summed E-state index contributed by atoms with van der Waals surface area (Å²) in [6.07, 6.45) is 1.31. The Hall–Kier alpha value is -1.44. The van der Waals surface area contributed by atoms with Crippen molar-refractivity contribution in [1.82, 2.24) is 14.5 Å². The molecule has 0 spiro atoms. The maximum atomic E-state index is 12.7. The number of piperidine rings is 1. The Labute approximate surface area is 144 Å². The van der Waals surface area contributed by atoms with Gasteiger partial charge in [-0.3, -0.25) is 9.69 Å². The van der Waals surface area contributed by atoms with E-state index in [0.29, 0.717) is 25.9 Å². The highest BCUT2D eigenvalue weighted by Gasteiger charge is 2.30. The summed E-state index contributed by atoms with van der Waals surface area (Å²) in [5.41, 5.74) is 0.950. The Balaban J connectivity index is 1.97. The summed E-state index contributed by atoms with van der Waals surface area (Å²) in [4.78, 5) is 14.6. The average Bonchev–Trinajstić information content (AvgIpc) is 2.56. The maximum Gasteiger partial charge on any atom is 0.242 e. The van der Waals surface area contributed by atoms with Gasteiger partial charge in [-0.25, -0.2) is 12.7 Å². The summed E-state index contributed by atoms with van der Waals surface area (Å²) < 4.78 is 25.3. The van der Waals surface area contributed by atoms with Gasteiger partial charge in [0.2, 0.25) is 15.9 Å². The second-order valence-corrected chi connectivity index (χ2v) is 8.62. The van der Waals surface area contributed by atoms with E-state index in [1.807, 2.05) is 49.3 Å². The third-order valence-electron chi connectivity index (χ3n) is 4.44. The van der Waals surface area contributed by atoms with E-state index in [-0.39, 0.29) is 23.7 Å². The van der Waals surface area contributed by atoms with Crippen LogP contribution in [0, 0.1) is 0 Å². The van der Waals surface area contributed by atoms with E-state index in [9.17, 15) is 13.2 Å². The summed E-state index contributed by atoms with van der Waals surface area (Å²) in [6, 6.07) is 9.34. The third kappa shape index (κ3) is 4.55. The van der Waals surface area contributed by atoms with Crippen molar-refractivity contribution < 1.29 is 13.2 Å². The van der Waals surface area contributed by atoms with E-state index in [0.717, 1.165) is 5.56 Å². The number of benzene rings is 1. The number of nitrogens with one attached hydrogen (secondary N) is 1. The molecule has 1 aliphatic rings. The fraction of sp³-hybridized carbons (Fsp3) is 0.588. The van der Waals surface area contributed by atoms with Gasteiger partial charge < -0.3 is 5.32 Å². The van der Waals surface area contributed by atoms with Crippen LogP contribution in [0.5, 0.6) is 0 Å². The number of rotatable bonds is 6. The van der Waals surface area contributed by atoms with E-state index in [4.69, 9.17) is 0 Å². The quantitative estimate of drug-likeness (QED) is 0.835. The van der Waals surface area contributed by atoms with Gasteiger partial charge in [0.1, 0.15) is 6.04 Å². The number of amides is 1. The van der Waals surface area contributed by atoms with Crippen molar-refractivity contribution >= 4 is 15.9 Å². The molecule has 7 heteroatoms. The predicted molar refractivity (Wildman–Crippen MR) is 95.1 cm³/mol. The zero-order valence-corrected chi connectivity index (χ0v) is 15.4. The van der Waals surface area contributed by atoms with Crippen molar-refractivity contribution in [3.8, 4) is 0 Å². The largest absolute Gasteiger partial charge is 0.352 e. The van der Waals surface area contributed by atoms with Gasteiger partial charge in [0.05, 0.1) is 5.75 Å². The summed E-state index contributed by atoms with van der Waals surface area (Å²) in [6.45, 7) is 2.60. The van der Waals surface area contributed by atoms with Crippen molar-refractivity contribution in [2.45, 2.75) is 31.8 Å². The second-order valence-electron chi connectivity index (χ2n) is 6.36. The van der Waals surface area contributed by atoms with Crippen LogP contribution in [-0.4, -0.2) is 62.5 Å². The highest BCUT2D eigenvalue weighted by molar-refractivity contribution is 7.89. The van der Waals surface area contributed by atoms with Gasteiger partial charge in [-0.05, 0) is 39.4 Å². The standard InChI is InChI=1S/C17H27N3O3S/c1-4-24(22,23)20-12-10-15(11-13-20)18-17(21)16(19(2)3)14-8-6-5-7-9-14/h5-9,15-16H,4,10-13H2,1-3H3,(H,18,21). The fourth-order valence-corrected chi connectivity index (χ4v) is 4.19. The molecule has 1 heterocycles. The Morgan fingerprint density at radius 2 is 1.83 bits per heavy atom. The lowest BCUT2D eigenvalue weighted by Crippen LogP contribution is -2.49. The van der Waals surface area contributed by atoms with Gasteiger partial charge >= 0.3 is 0 Å². The van der Waals surface area contributed by atoms with Crippen molar-refractivity contribution in [3.05, 3.63) is 35.9 Å². The van der Waals surface area contributed by atoms with Gasteiger partial charge in [-0.2, -0.15) is 0 Å². The van der Waals surface area contributed by atoms with Crippen LogP contribution in [0.3, 0.4) is 0 Å². The highest BCUT2D eigenvalue weighted by Crippen LogP contribution is 2.20. The Kier molecular flexibility index (Phi) is 6.37. The zero-order valence-electron chi connectivity index (χ0n) is 14.6. The van der Waals surface area contributed by atoms with Gasteiger partial charge in [-0.1, -0.05) is 30.3 Å². The van der Waals surface area contributed by atoms with Crippen LogP contribution in [0.1, 0.15) is 31.4 Å². The van der Waals surface area contributed by atoms with Crippen molar-refractivity contribution in [1.29, 1.82) is 0 Å². The highest BCUT2D eigenvalue weighted by atomic mass is 32.2. The predicted octanol–water partition coefficient (Wildman–Crippen LogP) is 1.22. The molecule has 1 fully saturated rings. The minimum absolute atomic E-state index is 0.0203. The first-order valence-electron chi connectivity index (χ1n) is 8.34. The lowest BCUT2D eigenvalue weighted by atomic mass is 10.0. The lowest BCUT2D eigenvalue weighted by molar-refractivity contribution is -0.126. The minimum Gasteiger partial charge on any atom is -0.352 e. The maximum absolute atomic E-state index is 12.7. The Morgan fingerprint density at radius 3 is 2.33 bits per heavy atom. The molecular weight excluding hydrogens is 326 g/mol. The van der Waals surface area contributed by atoms with Crippen molar-refractivity contribution in [3.63, 3.8) is 0 Å². The van der Waals surface area contributed by atoms with Crippen LogP contribution in [0.4, 0.5) is 0 Å². The summed E-state index contributed by atoms with van der Waals surface area (Å²) in [7, 11) is 0.632. The monoisotopic (exact) mass is 353 g/mol. The molecule has 1 unspecified atom stereocenters. The smallest absolute Gasteiger partial charge is 0.242 e. The van der Waals surface area contributed by atoms with E-state index < -0.39 is 10.0 Å². The van der Waals surface area contributed by atoms with Crippen LogP contribution in [0.15, 0.2) is 30.3 Å². The molecule has 1 aromatic rings.